The highest BCUT2D eigenvalue weighted by Crippen LogP contribution is 2.34. The normalized spacial score (nSPS) is 23.1. The van der Waals surface area contributed by atoms with Crippen molar-refractivity contribution in [3.63, 3.8) is 0 Å². The summed E-state index contributed by atoms with van der Waals surface area (Å²) in [6, 6.07) is 12.8. The van der Waals surface area contributed by atoms with E-state index in [1.165, 1.54) is 5.01 Å². The first-order valence-electron chi connectivity index (χ1n) is 10.9. The lowest BCUT2D eigenvalue weighted by Crippen LogP contribution is -2.39. The third-order valence-electron chi connectivity index (χ3n) is 6.21. The lowest BCUT2D eigenvalue weighted by Gasteiger charge is -2.27. The molecular weight excluding hydrogens is 404 g/mol. The molecule has 1 fully saturated rings. The van der Waals surface area contributed by atoms with Gasteiger partial charge >= 0.3 is 0 Å². The third kappa shape index (κ3) is 3.70. The molecule has 1 aromatic heterocycles. The number of pyridine rings is 1. The number of para-hydroxylation sites is 1. The number of allylic oxidation sites excluding steroid dienone is 2. The average Bonchev–Trinajstić information content (AvgIpc) is 3.44. The second kappa shape index (κ2) is 8.42. The van der Waals surface area contributed by atoms with Gasteiger partial charge in [-0.05, 0) is 24.6 Å². The van der Waals surface area contributed by atoms with Crippen LogP contribution >= 0.6 is 0 Å². The Bertz CT molecular complexity index is 1120. The molecule has 1 aromatic carbocycles. The fourth-order valence-electron chi connectivity index (χ4n) is 4.56. The largest absolute Gasteiger partial charge is 0.512 e. The van der Waals surface area contributed by atoms with Crippen molar-refractivity contribution in [1.29, 1.82) is 0 Å². The van der Waals surface area contributed by atoms with Gasteiger partial charge < -0.3 is 10.0 Å². The highest BCUT2D eigenvalue weighted by Gasteiger charge is 2.42. The number of carbonyl (C=O) groups excluding carboxylic acids is 2. The van der Waals surface area contributed by atoms with Crippen LogP contribution in [-0.2, 0) is 9.59 Å². The van der Waals surface area contributed by atoms with Gasteiger partial charge in [-0.15, -0.1) is 0 Å². The fraction of sp³-hybridized carbons (Fsp3) is 0.280. The van der Waals surface area contributed by atoms with Gasteiger partial charge in [0.2, 0.25) is 11.8 Å². The zero-order valence-corrected chi connectivity index (χ0v) is 17.6. The van der Waals surface area contributed by atoms with Crippen molar-refractivity contribution in [2.45, 2.75) is 31.7 Å². The van der Waals surface area contributed by atoms with Crippen LogP contribution in [0.4, 0.5) is 5.69 Å². The summed E-state index contributed by atoms with van der Waals surface area (Å²) in [5.41, 5.74) is 3.11. The number of aromatic nitrogens is 1. The van der Waals surface area contributed by atoms with Crippen molar-refractivity contribution in [2.75, 3.05) is 11.4 Å². The highest BCUT2D eigenvalue weighted by molar-refractivity contribution is 6.05. The lowest BCUT2D eigenvalue weighted by atomic mass is 9.93. The molecule has 7 heteroatoms. The first-order chi connectivity index (χ1) is 15.6. The molecule has 162 valence electrons. The van der Waals surface area contributed by atoms with Gasteiger partial charge in [-0.2, -0.15) is 5.10 Å². The number of rotatable bonds is 4. The molecule has 1 N–H and O–H groups in total. The van der Waals surface area contributed by atoms with Gasteiger partial charge in [0.05, 0.1) is 23.4 Å². The number of hydrazone groups is 1. The number of aliphatic hydroxyl groups is 1. The van der Waals surface area contributed by atoms with Gasteiger partial charge in [0.15, 0.2) is 0 Å². The molecule has 0 radical (unpaired) electrons. The summed E-state index contributed by atoms with van der Waals surface area (Å²) in [6.45, 7) is 0.323. The number of benzene rings is 1. The summed E-state index contributed by atoms with van der Waals surface area (Å²) >= 11 is 0. The van der Waals surface area contributed by atoms with Crippen LogP contribution in [0.25, 0.3) is 0 Å². The quantitative estimate of drug-likeness (QED) is 0.806. The Kier molecular flexibility index (Phi) is 5.31. The molecular formula is C25H24N4O3. The first kappa shape index (κ1) is 20.2. The Morgan fingerprint density at radius 3 is 2.69 bits per heavy atom. The molecule has 7 nitrogen and oxygen atoms in total. The van der Waals surface area contributed by atoms with Gasteiger partial charge in [0, 0.05) is 55.0 Å². The van der Waals surface area contributed by atoms with Crippen molar-refractivity contribution in [3.05, 3.63) is 83.9 Å². The number of hydrogen-bond acceptors (Lipinski definition) is 5. The van der Waals surface area contributed by atoms with E-state index in [1.807, 2.05) is 54.6 Å². The Hall–Kier alpha value is -3.74. The number of carbonyl (C=O) groups is 2. The van der Waals surface area contributed by atoms with Crippen molar-refractivity contribution in [2.24, 2.45) is 11.0 Å². The first-order valence-corrected chi connectivity index (χ1v) is 10.9. The van der Waals surface area contributed by atoms with E-state index in [2.05, 4.69) is 10.1 Å². The summed E-state index contributed by atoms with van der Waals surface area (Å²) in [5, 5.41) is 16.7. The zero-order valence-electron chi connectivity index (χ0n) is 17.6. The Labute approximate surface area is 186 Å². The maximum absolute atomic E-state index is 13.6. The highest BCUT2D eigenvalue weighted by atomic mass is 16.3. The van der Waals surface area contributed by atoms with E-state index in [0.29, 0.717) is 25.1 Å². The summed E-state index contributed by atoms with van der Waals surface area (Å²) in [7, 11) is 0. The minimum Gasteiger partial charge on any atom is -0.512 e. The molecule has 2 atom stereocenters. The minimum atomic E-state index is -0.488. The summed E-state index contributed by atoms with van der Waals surface area (Å²) < 4.78 is 0. The Morgan fingerprint density at radius 1 is 1.09 bits per heavy atom. The van der Waals surface area contributed by atoms with Gasteiger partial charge in [-0.1, -0.05) is 36.4 Å². The number of hydrogen-bond donors (Lipinski definition) is 1. The third-order valence-corrected chi connectivity index (χ3v) is 6.21. The van der Waals surface area contributed by atoms with E-state index in [4.69, 9.17) is 0 Å². The smallest absolute Gasteiger partial charge is 0.248 e. The predicted molar refractivity (Wildman–Crippen MR) is 121 cm³/mol. The summed E-state index contributed by atoms with van der Waals surface area (Å²) in [6.07, 6.45) is 9.29. The molecule has 3 aliphatic rings. The molecule has 0 spiro atoms. The van der Waals surface area contributed by atoms with Crippen LogP contribution in [-0.4, -0.2) is 45.2 Å². The summed E-state index contributed by atoms with van der Waals surface area (Å²) in [4.78, 5) is 32.1. The van der Waals surface area contributed by atoms with Gasteiger partial charge in [-0.3, -0.25) is 14.6 Å². The Morgan fingerprint density at radius 2 is 1.94 bits per heavy atom. The number of anilines is 1. The van der Waals surface area contributed by atoms with E-state index in [1.54, 1.807) is 17.3 Å². The zero-order chi connectivity index (χ0) is 22.1. The average molecular weight is 428 g/mol. The van der Waals surface area contributed by atoms with E-state index >= 15 is 0 Å². The topological polar surface area (TPSA) is 86.1 Å². The van der Waals surface area contributed by atoms with Crippen molar-refractivity contribution >= 4 is 23.2 Å². The molecule has 0 bridgehead atoms. The van der Waals surface area contributed by atoms with E-state index < -0.39 is 12.0 Å². The van der Waals surface area contributed by atoms with Crippen LogP contribution < -0.4 is 4.90 Å². The second-order valence-electron chi connectivity index (χ2n) is 8.28. The van der Waals surface area contributed by atoms with E-state index in [-0.39, 0.29) is 18.2 Å². The van der Waals surface area contributed by atoms with Crippen LogP contribution in [0.3, 0.4) is 0 Å². The molecule has 0 saturated carbocycles. The monoisotopic (exact) mass is 428 g/mol. The van der Waals surface area contributed by atoms with Gasteiger partial charge in [-0.25, -0.2) is 5.01 Å². The number of amides is 2. The summed E-state index contributed by atoms with van der Waals surface area (Å²) in [5.74, 6) is -0.454. The number of nitrogens with zero attached hydrogens (tertiary/aromatic N) is 4. The molecule has 32 heavy (non-hydrogen) atoms. The predicted octanol–water partition coefficient (Wildman–Crippen LogP) is 3.60. The molecule has 2 unspecified atom stereocenters. The van der Waals surface area contributed by atoms with Crippen LogP contribution in [0.2, 0.25) is 0 Å². The van der Waals surface area contributed by atoms with Crippen LogP contribution in [0.5, 0.6) is 0 Å². The molecule has 5 rings (SSSR count). The fourth-order valence-corrected chi connectivity index (χ4v) is 4.56. The number of aliphatic hydroxyl groups excluding tert-OH is 1. The molecule has 1 saturated heterocycles. The lowest BCUT2D eigenvalue weighted by molar-refractivity contribution is -0.136. The SMILES string of the molecule is O=C1CC(C(=O)N2N=C(c3cccnc3)CC2C2=C(O)CCC=C2)CN1c1ccccc1. The molecule has 2 aliphatic heterocycles. The maximum Gasteiger partial charge on any atom is 0.248 e. The molecule has 2 aromatic rings. The van der Waals surface area contributed by atoms with Crippen molar-refractivity contribution in [1.82, 2.24) is 9.99 Å². The van der Waals surface area contributed by atoms with Crippen LogP contribution in [0.1, 0.15) is 31.2 Å². The minimum absolute atomic E-state index is 0.0682. The second-order valence-corrected chi connectivity index (χ2v) is 8.28. The maximum atomic E-state index is 13.6. The molecule has 3 heterocycles. The van der Waals surface area contributed by atoms with Crippen molar-refractivity contribution in [3.8, 4) is 0 Å². The van der Waals surface area contributed by atoms with Gasteiger partial charge in [0.1, 0.15) is 0 Å². The van der Waals surface area contributed by atoms with Crippen molar-refractivity contribution < 1.29 is 14.7 Å². The van der Waals surface area contributed by atoms with E-state index in [0.717, 1.165) is 29.0 Å². The van der Waals surface area contributed by atoms with E-state index in [9.17, 15) is 14.7 Å². The molecule has 2 amide bonds. The Balaban J connectivity index is 1.44. The molecule has 1 aliphatic carbocycles. The standard InChI is InChI=1S/C25H24N4O3/c30-23-11-5-4-10-20(23)22-14-21(17-7-6-12-26-15-17)27-29(22)25(32)18-13-24(31)28(16-18)19-8-2-1-3-9-19/h1-4,6-10,12,15,18,22,30H,5,11,13-14,16H2. The van der Waals surface area contributed by atoms with Gasteiger partial charge in [0.25, 0.3) is 0 Å². The van der Waals surface area contributed by atoms with Crippen LogP contribution in [0.15, 0.2) is 83.4 Å². The van der Waals surface area contributed by atoms with Crippen LogP contribution in [0, 0.1) is 5.92 Å².